The molecule has 2 rings (SSSR count). The second kappa shape index (κ2) is 5.04. The number of para-hydroxylation sites is 1. The molecule has 0 aliphatic heterocycles. The smallest absolute Gasteiger partial charge is 0.268 e. The highest BCUT2D eigenvalue weighted by Crippen LogP contribution is 2.11. The zero-order valence-corrected chi connectivity index (χ0v) is 8.92. The Hall–Kier alpha value is -2.47. The third kappa shape index (κ3) is 2.76. The first-order chi connectivity index (χ1) is 8.29. The predicted octanol–water partition coefficient (Wildman–Crippen LogP) is 0.824. The van der Waals surface area contributed by atoms with Gasteiger partial charge in [0, 0.05) is 18.1 Å². The van der Waals surface area contributed by atoms with Crippen molar-refractivity contribution in [1.29, 1.82) is 0 Å². The van der Waals surface area contributed by atoms with E-state index in [1.807, 2.05) is 35.8 Å². The number of nitrogen functional groups attached to an aromatic ring is 1. The lowest BCUT2D eigenvalue weighted by Gasteiger charge is -2.04. The van der Waals surface area contributed by atoms with E-state index >= 15 is 0 Å². The summed E-state index contributed by atoms with van der Waals surface area (Å²) in [7, 11) is 0. The lowest BCUT2D eigenvalue weighted by molar-refractivity contribution is 0.0953. The van der Waals surface area contributed by atoms with E-state index in [0.29, 0.717) is 11.5 Å². The molecule has 1 aromatic carbocycles. The van der Waals surface area contributed by atoms with E-state index in [0.717, 1.165) is 5.69 Å². The van der Waals surface area contributed by atoms with Crippen LogP contribution in [0.3, 0.4) is 0 Å². The number of hydrogen-bond donors (Lipinski definition) is 3. The number of benzene rings is 1. The summed E-state index contributed by atoms with van der Waals surface area (Å²) >= 11 is 0. The third-order valence-electron chi connectivity index (χ3n) is 2.08. The number of carbonyl (C=O) groups is 1. The minimum Gasteiger partial charge on any atom is -0.324 e. The Morgan fingerprint density at radius 1 is 1.12 bits per heavy atom. The molecule has 86 valence electrons. The quantitative estimate of drug-likeness (QED) is 0.411. The second-order valence-corrected chi connectivity index (χ2v) is 3.26. The number of amides is 1. The Kier molecular flexibility index (Phi) is 3.27. The molecule has 1 amide bonds. The molecule has 0 atom stereocenters. The van der Waals surface area contributed by atoms with Crippen LogP contribution in [-0.2, 0) is 0 Å². The number of nitrogens with zero attached hydrogens (tertiary/aromatic N) is 2. The fourth-order valence-corrected chi connectivity index (χ4v) is 1.24. The molecule has 0 saturated heterocycles. The van der Waals surface area contributed by atoms with Crippen molar-refractivity contribution in [3.05, 3.63) is 48.3 Å². The van der Waals surface area contributed by atoms with Crippen molar-refractivity contribution in [1.82, 2.24) is 15.4 Å². The van der Waals surface area contributed by atoms with Gasteiger partial charge in [-0.25, -0.2) is 15.8 Å². The van der Waals surface area contributed by atoms with Crippen molar-refractivity contribution in [2.45, 2.75) is 0 Å². The molecule has 1 heterocycles. The largest absolute Gasteiger partial charge is 0.324 e. The first-order valence-electron chi connectivity index (χ1n) is 4.94. The maximum atomic E-state index is 11.1. The van der Waals surface area contributed by atoms with Gasteiger partial charge in [-0.3, -0.25) is 10.2 Å². The van der Waals surface area contributed by atoms with Crippen LogP contribution in [0.25, 0.3) is 0 Å². The molecule has 0 bridgehead atoms. The summed E-state index contributed by atoms with van der Waals surface area (Å²) < 4.78 is 0. The van der Waals surface area contributed by atoms with Crippen molar-refractivity contribution in [2.24, 2.45) is 5.84 Å². The van der Waals surface area contributed by atoms with E-state index in [1.165, 1.54) is 12.4 Å². The van der Waals surface area contributed by atoms with Gasteiger partial charge in [0.05, 0.1) is 5.56 Å². The monoisotopic (exact) mass is 229 g/mol. The van der Waals surface area contributed by atoms with Crippen LogP contribution in [0.15, 0.2) is 42.7 Å². The van der Waals surface area contributed by atoms with Crippen LogP contribution in [0, 0.1) is 0 Å². The van der Waals surface area contributed by atoms with Crippen molar-refractivity contribution in [3.8, 4) is 0 Å². The summed E-state index contributed by atoms with van der Waals surface area (Å²) in [4.78, 5) is 19.2. The number of nitrogens with two attached hydrogens (primary N) is 1. The van der Waals surface area contributed by atoms with Gasteiger partial charge in [-0.15, -0.1) is 0 Å². The van der Waals surface area contributed by atoms with Gasteiger partial charge >= 0.3 is 0 Å². The van der Waals surface area contributed by atoms with Gasteiger partial charge in [0.1, 0.15) is 0 Å². The number of rotatable bonds is 3. The zero-order valence-electron chi connectivity index (χ0n) is 8.92. The molecule has 0 aliphatic rings. The number of hydrazine groups is 1. The summed E-state index contributed by atoms with van der Waals surface area (Å²) in [6.45, 7) is 0. The van der Waals surface area contributed by atoms with Crippen molar-refractivity contribution >= 4 is 17.5 Å². The highest BCUT2D eigenvalue weighted by molar-refractivity contribution is 5.93. The number of anilines is 2. The zero-order chi connectivity index (χ0) is 12.1. The average Bonchev–Trinajstić information content (AvgIpc) is 2.40. The summed E-state index contributed by atoms with van der Waals surface area (Å²) in [5, 5.41) is 3.00. The van der Waals surface area contributed by atoms with Crippen LogP contribution < -0.4 is 16.6 Å². The molecule has 0 radical (unpaired) electrons. The van der Waals surface area contributed by atoms with Gasteiger partial charge < -0.3 is 5.32 Å². The van der Waals surface area contributed by atoms with Crippen molar-refractivity contribution in [3.63, 3.8) is 0 Å². The van der Waals surface area contributed by atoms with Crippen LogP contribution in [0.4, 0.5) is 11.6 Å². The van der Waals surface area contributed by atoms with Gasteiger partial charge in [-0.1, -0.05) is 18.2 Å². The van der Waals surface area contributed by atoms with Gasteiger partial charge in [0.15, 0.2) is 0 Å². The number of aromatic nitrogens is 2. The molecule has 6 heteroatoms. The molecular weight excluding hydrogens is 218 g/mol. The summed E-state index contributed by atoms with van der Waals surface area (Å²) in [5.74, 6) is 5.00. The first-order valence-corrected chi connectivity index (χ1v) is 4.94. The van der Waals surface area contributed by atoms with Gasteiger partial charge in [-0.05, 0) is 12.1 Å². The number of hydrogen-bond acceptors (Lipinski definition) is 5. The predicted molar refractivity (Wildman–Crippen MR) is 63.4 cm³/mol. The summed E-state index contributed by atoms with van der Waals surface area (Å²) in [6, 6.07) is 9.51. The van der Waals surface area contributed by atoms with E-state index in [1.54, 1.807) is 0 Å². The average molecular weight is 229 g/mol. The minimum absolute atomic E-state index is 0.311. The molecule has 17 heavy (non-hydrogen) atoms. The Bertz CT molecular complexity index is 497. The fourth-order valence-electron chi connectivity index (χ4n) is 1.24. The topological polar surface area (TPSA) is 92.9 Å². The minimum atomic E-state index is -0.420. The maximum absolute atomic E-state index is 11.1. The number of nitrogens with one attached hydrogen (secondary N) is 2. The molecule has 0 unspecified atom stereocenters. The molecule has 6 nitrogen and oxygen atoms in total. The van der Waals surface area contributed by atoms with Gasteiger partial charge in [0.2, 0.25) is 5.95 Å². The van der Waals surface area contributed by atoms with Crippen LogP contribution in [0.5, 0.6) is 0 Å². The molecule has 0 aliphatic carbocycles. The van der Waals surface area contributed by atoms with Crippen LogP contribution in [0.1, 0.15) is 10.4 Å². The molecular formula is C11H11N5O. The van der Waals surface area contributed by atoms with Crippen molar-refractivity contribution in [2.75, 3.05) is 5.32 Å². The van der Waals surface area contributed by atoms with E-state index in [-0.39, 0.29) is 0 Å². The van der Waals surface area contributed by atoms with Crippen LogP contribution >= 0.6 is 0 Å². The van der Waals surface area contributed by atoms with Gasteiger partial charge in [-0.2, -0.15) is 0 Å². The van der Waals surface area contributed by atoms with E-state index < -0.39 is 5.91 Å². The highest BCUT2D eigenvalue weighted by Gasteiger charge is 2.04. The Morgan fingerprint density at radius 3 is 2.35 bits per heavy atom. The molecule has 0 saturated carbocycles. The molecule has 0 fully saturated rings. The first kappa shape index (κ1) is 11.0. The van der Waals surface area contributed by atoms with E-state index in [4.69, 9.17) is 5.84 Å². The second-order valence-electron chi connectivity index (χ2n) is 3.26. The highest BCUT2D eigenvalue weighted by atomic mass is 16.2. The van der Waals surface area contributed by atoms with E-state index in [2.05, 4.69) is 15.3 Å². The Labute approximate surface area is 97.9 Å². The van der Waals surface area contributed by atoms with Crippen LogP contribution in [0.2, 0.25) is 0 Å². The lowest BCUT2D eigenvalue weighted by atomic mass is 10.3. The summed E-state index contributed by atoms with van der Waals surface area (Å²) in [6.07, 6.45) is 2.81. The molecule has 1 aromatic heterocycles. The summed E-state index contributed by atoms with van der Waals surface area (Å²) in [5.41, 5.74) is 3.20. The Balaban J connectivity index is 2.11. The van der Waals surface area contributed by atoms with Crippen LogP contribution in [-0.4, -0.2) is 15.9 Å². The standard InChI is InChI=1S/C11H11N5O/c12-16-10(17)8-6-13-11(14-7-8)15-9-4-2-1-3-5-9/h1-7H,12H2,(H,16,17)(H,13,14,15). The molecule has 2 aromatic rings. The normalized spacial score (nSPS) is 9.71. The maximum Gasteiger partial charge on any atom is 0.268 e. The number of carbonyl (C=O) groups excluding carboxylic acids is 1. The molecule has 4 N–H and O–H groups in total. The van der Waals surface area contributed by atoms with Crippen molar-refractivity contribution < 1.29 is 4.79 Å². The van der Waals surface area contributed by atoms with Gasteiger partial charge in [0.25, 0.3) is 5.91 Å². The fraction of sp³-hybridized carbons (Fsp3) is 0. The lowest BCUT2D eigenvalue weighted by Crippen LogP contribution is -2.30. The Morgan fingerprint density at radius 2 is 1.76 bits per heavy atom. The molecule has 0 spiro atoms. The third-order valence-corrected chi connectivity index (χ3v) is 2.08. The van der Waals surface area contributed by atoms with E-state index in [9.17, 15) is 4.79 Å². The SMILES string of the molecule is NNC(=O)c1cnc(Nc2ccccc2)nc1.